The van der Waals surface area contributed by atoms with Gasteiger partial charge in [0.1, 0.15) is 11.5 Å². The monoisotopic (exact) mass is 308 g/mol. The van der Waals surface area contributed by atoms with Crippen LogP contribution in [0.4, 0.5) is 5.82 Å². The first-order valence-electron chi connectivity index (χ1n) is 8.13. The lowest BCUT2D eigenvalue weighted by molar-refractivity contribution is 0.126. The number of aliphatic hydroxyl groups is 1. The largest absolute Gasteiger partial charge is 0.393 e. The summed E-state index contributed by atoms with van der Waals surface area (Å²) in [4.78, 5) is 12.0. The Kier molecular flexibility index (Phi) is 3.71. The van der Waals surface area contributed by atoms with Gasteiger partial charge in [0.15, 0.2) is 0 Å². The minimum Gasteiger partial charge on any atom is -0.393 e. The summed E-state index contributed by atoms with van der Waals surface area (Å²) in [5.74, 6) is 0.891. The number of rotatable bonds is 3. The average Bonchev–Trinajstić information content (AvgIpc) is 3.01. The number of aromatic nitrogens is 3. The zero-order chi connectivity index (χ0) is 15.6. The van der Waals surface area contributed by atoms with Gasteiger partial charge < -0.3 is 15.4 Å². The fourth-order valence-electron chi connectivity index (χ4n) is 3.30. The van der Waals surface area contributed by atoms with Gasteiger partial charge in [-0.1, -0.05) is 0 Å². The predicted octanol–water partition coefficient (Wildman–Crippen LogP) is 3.34. The van der Waals surface area contributed by atoms with E-state index in [1.165, 1.54) is 0 Å². The van der Waals surface area contributed by atoms with Gasteiger partial charge in [-0.2, -0.15) is 0 Å². The van der Waals surface area contributed by atoms with Crippen molar-refractivity contribution in [2.75, 3.05) is 5.32 Å². The van der Waals surface area contributed by atoms with Crippen molar-refractivity contribution >= 4 is 16.9 Å². The lowest BCUT2D eigenvalue weighted by Gasteiger charge is -2.26. The Hall–Kier alpha value is -2.40. The van der Waals surface area contributed by atoms with Crippen LogP contribution in [0.25, 0.3) is 22.2 Å². The Bertz CT molecular complexity index is 805. The van der Waals surface area contributed by atoms with E-state index in [0.29, 0.717) is 6.04 Å². The summed E-state index contributed by atoms with van der Waals surface area (Å²) in [6.45, 7) is 0. The van der Waals surface area contributed by atoms with Gasteiger partial charge >= 0.3 is 0 Å². The van der Waals surface area contributed by atoms with Crippen molar-refractivity contribution in [3.05, 3.63) is 42.9 Å². The maximum Gasteiger partial charge on any atom is 0.137 e. The van der Waals surface area contributed by atoms with E-state index in [-0.39, 0.29) is 6.10 Å². The van der Waals surface area contributed by atoms with Gasteiger partial charge in [0.25, 0.3) is 0 Å². The number of anilines is 1. The molecule has 0 radical (unpaired) electrons. The van der Waals surface area contributed by atoms with E-state index in [1.54, 1.807) is 6.20 Å². The standard InChI is InChI=1S/C18H20N4O/c23-14-5-3-13(4-6-14)22-17-10-12(7-9-19-17)16-11-21-18-15(16)2-1-8-20-18/h1-2,7-11,13-14,23H,3-6H2,(H,19,22)(H,20,21). The summed E-state index contributed by atoms with van der Waals surface area (Å²) >= 11 is 0. The van der Waals surface area contributed by atoms with E-state index in [9.17, 15) is 5.11 Å². The van der Waals surface area contributed by atoms with Gasteiger partial charge in [-0.25, -0.2) is 9.97 Å². The minimum atomic E-state index is -0.133. The highest BCUT2D eigenvalue weighted by Crippen LogP contribution is 2.29. The summed E-state index contributed by atoms with van der Waals surface area (Å²) in [5, 5.41) is 14.2. The Labute approximate surface area is 134 Å². The van der Waals surface area contributed by atoms with Gasteiger partial charge in [0.05, 0.1) is 6.10 Å². The number of nitrogens with one attached hydrogen (secondary N) is 2. The third-order valence-electron chi connectivity index (χ3n) is 4.57. The normalized spacial score (nSPS) is 21.4. The van der Waals surface area contributed by atoms with Crippen molar-refractivity contribution in [3.8, 4) is 11.1 Å². The minimum absolute atomic E-state index is 0.133. The van der Waals surface area contributed by atoms with Crippen LogP contribution in [0.15, 0.2) is 42.9 Å². The molecule has 5 heteroatoms. The molecule has 0 aromatic carbocycles. The molecule has 0 spiro atoms. The molecule has 0 unspecified atom stereocenters. The third kappa shape index (κ3) is 2.92. The quantitative estimate of drug-likeness (QED) is 0.694. The zero-order valence-electron chi connectivity index (χ0n) is 12.9. The molecule has 1 saturated carbocycles. The van der Waals surface area contributed by atoms with Crippen molar-refractivity contribution in [1.82, 2.24) is 15.0 Å². The van der Waals surface area contributed by atoms with Crippen LogP contribution in [0.5, 0.6) is 0 Å². The molecule has 4 rings (SSSR count). The van der Waals surface area contributed by atoms with E-state index in [1.807, 2.05) is 24.5 Å². The van der Waals surface area contributed by atoms with Crippen LogP contribution in [0.1, 0.15) is 25.7 Å². The van der Waals surface area contributed by atoms with Gasteiger partial charge in [-0.05, 0) is 55.5 Å². The zero-order valence-corrected chi connectivity index (χ0v) is 12.9. The van der Waals surface area contributed by atoms with E-state index in [2.05, 4.69) is 32.4 Å². The third-order valence-corrected chi connectivity index (χ3v) is 4.57. The van der Waals surface area contributed by atoms with Crippen LogP contribution in [-0.4, -0.2) is 32.2 Å². The van der Waals surface area contributed by atoms with E-state index >= 15 is 0 Å². The van der Waals surface area contributed by atoms with Gasteiger partial charge in [-0.15, -0.1) is 0 Å². The number of nitrogens with zero attached hydrogens (tertiary/aromatic N) is 2. The molecule has 3 aromatic heterocycles. The molecular formula is C18H20N4O. The molecule has 5 nitrogen and oxygen atoms in total. The molecule has 0 saturated heterocycles. The molecule has 0 aliphatic heterocycles. The SMILES string of the molecule is OC1CCC(Nc2cc(-c3c[nH]c4ncccc34)ccn2)CC1. The van der Waals surface area contributed by atoms with Crippen LogP contribution in [0.3, 0.4) is 0 Å². The second-order valence-electron chi connectivity index (χ2n) is 6.18. The second-order valence-corrected chi connectivity index (χ2v) is 6.18. The van der Waals surface area contributed by atoms with Gasteiger partial charge in [-0.3, -0.25) is 0 Å². The molecule has 118 valence electrons. The molecule has 3 heterocycles. The Balaban J connectivity index is 1.59. The van der Waals surface area contributed by atoms with Crippen LogP contribution < -0.4 is 5.32 Å². The lowest BCUT2D eigenvalue weighted by Crippen LogP contribution is -2.28. The first kappa shape index (κ1) is 14.2. The number of aromatic amines is 1. The molecule has 1 aliphatic rings. The first-order chi connectivity index (χ1) is 11.3. The second kappa shape index (κ2) is 6.01. The van der Waals surface area contributed by atoms with Crippen molar-refractivity contribution < 1.29 is 5.11 Å². The smallest absolute Gasteiger partial charge is 0.137 e. The number of aliphatic hydroxyl groups excluding tert-OH is 1. The van der Waals surface area contributed by atoms with Gasteiger partial charge in [0, 0.05) is 35.6 Å². The molecule has 3 aromatic rings. The van der Waals surface area contributed by atoms with E-state index < -0.39 is 0 Å². The number of pyridine rings is 2. The molecular weight excluding hydrogens is 288 g/mol. The van der Waals surface area contributed by atoms with E-state index in [4.69, 9.17) is 0 Å². The first-order valence-corrected chi connectivity index (χ1v) is 8.13. The molecule has 0 amide bonds. The van der Waals surface area contributed by atoms with Crippen molar-refractivity contribution in [2.24, 2.45) is 0 Å². The summed E-state index contributed by atoms with van der Waals surface area (Å²) in [7, 11) is 0. The number of hydrogen-bond donors (Lipinski definition) is 3. The fourth-order valence-corrected chi connectivity index (χ4v) is 3.30. The number of hydrogen-bond acceptors (Lipinski definition) is 4. The lowest BCUT2D eigenvalue weighted by atomic mass is 9.93. The highest BCUT2D eigenvalue weighted by Gasteiger charge is 2.19. The number of H-pyrrole nitrogens is 1. The van der Waals surface area contributed by atoms with E-state index in [0.717, 1.165) is 53.7 Å². The summed E-state index contributed by atoms with van der Waals surface area (Å²) in [6.07, 6.45) is 9.20. The Morgan fingerprint density at radius 2 is 1.96 bits per heavy atom. The Morgan fingerprint density at radius 1 is 1.09 bits per heavy atom. The maximum atomic E-state index is 9.61. The molecule has 0 bridgehead atoms. The topological polar surface area (TPSA) is 73.8 Å². The van der Waals surface area contributed by atoms with Crippen LogP contribution in [-0.2, 0) is 0 Å². The highest BCUT2D eigenvalue weighted by atomic mass is 16.3. The van der Waals surface area contributed by atoms with Crippen molar-refractivity contribution in [2.45, 2.75) is 37.8 Å². The average molecular weight is 308 g/mol. The maximum absolute atomic E-state index is 9.61. The van der Waals surface area contributed by atoms with Gasteiger partial charge in [0.2, 0.25) is 0 Å². The van der Waals surface area contributed by atoms with Crippen LogP contribution in [0, 0.1) is 0 Å². The number of fused-ring (bicyclic) bond motifs is 1. The van der Waals surface area contributed by atoms with Crippen LogP contribution in [0.2, 0.25) is 0 Å². The molecule has 1 aliphatic carbocycles. The molecule has 0 atom stereocenters. The predicted molar refractivity (Wildman–Crippen MR) is 91.2 cm³/mol. The highest BCUT2D eigenvalue weighted by molar-refractivity contribution is 5.93. The molecule has 1 fully saturated rings. The molecule has 3 N–H and O–H groups in total. The fraction of sp³-hybridized carbons (Fsp3) is 0.333. The van der Waals surface area contributed by atoms with Crippen LogP contribution >= 0.6 is 0 Å². The van der Waals surface area contributed by atoms with Crippen molar-refractivity contribution in [1.29, 1.82) is 0 Å². The Morgan fingerprint density at radius 3 is 2.83 bits per heavy atom. The van der Waals surface area contributed by atoms with Crippen molar-refractivity contribution in [3.63, 3.8) is 0 Å². The summed E-state index contributed by atoms with van der Waals surface area (Å²) < 4.78 is 0. The summed E-state index contributed by atoms with van der Waals surface area (Å²) in [6, 6.07) is 8.52. The molecule has 23 heavy (non-hydrogen) atoms. The summed E-state index contributed by atoms with van der Waals surface area (Å²) in [5.41, 5.74) is 3.16.